The Morgan fingerprint density at radius 2 is 1.44 bits per heavy atom. The van der Waals surface area contributed by atoms with E-state index in [0.29, 0.717) is 19.6 Å². The fraction of sp³-hybridized carbons (Fsp3) is 0.545. The maximum absolute atomic E-state index is 13.8. The fourth-order valence-corrected chi connectivity index (χ4v) is 5.73. The zero-order valence-electron chi connectivity index (χ0n) is 27.7. The van der Waals surface area contributed by atoms with E-state index in [1.165, 1.54) is 32.3 Å². The van der Waals surface area contributed by atoms with Crippen molar-refractivity contribution in [2.45, 2.75) is 77.3 Å². The van der Waals surface area contributed by atoms with Crippen LogP contribution in [0.2, 0.25) is 0 Å². The third-order valence-electron chi connectivity index (χ3n) is 7.24. The molecule has 0 radical (unpaired) electrons. The molecule has 3 amide bonds. The number of hydrazine groups is 1. The summed E-state index contributed by atoms with van der Waals surface area (Å²) < 4.78 is 27.4. The van der Waals surface area contributed by atoms with E-state index in [1.54, 1.807) is 23.8 Å². The monoisotopic (exact) mass is 645 g/mol. The van der Waals surface area contributed by atoms with Crippen LogP contribution < -0.4 is 10.7 Å². The van der Waals surface area contributed by atoms with Gasteiger partial charge in [-0.2, -0.15) is 0 Å². The van der Waals surface area contributed by atoms with Crippen LogP contribution in [0.25, 0.3) is 0 Å². The standard InChI is InChI=1S/C33H51N5O6S/c1-8-16-37(17-9-2)33(42)27-20-26(21-28(22-27)45(43,44)36(6)7)32(41)34-29(19-25-14-12-11-13-15-25)30(39)23-38(18-10-3)35-31(40)24(4)5/h11-15,20-22,24,29-30,39H,8-10,16-19,23H2,1-7H3,(H,34,41)(H,35,40). The molecule has 0 aliphatic heterocycles. The van der Waals surface area contributed by atoms with Gasteiger partial charge in [-0.05, 0) is 49.4 Å². The second-order valence-electron chi connectivity index (χ2n) is 11.7. The zero-order chi connectivity index (χ0) is 33.7. The minimum absolute atomic E-state index is 0.0157. The van der Waals surface area contributed by atoms with E-state index in [9.17, 15) is 27.9 Å². The molecule has 0 aliphatic carbocycles. The highest BCUT2D eigenvalue weighted by Crippen LogP contribution is 2.21. The van der Waals surface area contributed by atoms with Crippen LogP contribution in [0, 0.1) is 5.92 Å². The summed E-state index contributed by atoms with van der Waals surface area (Å²) >= 11 is 0. The van der Waals surface area contributed by atoms with Crippen LogP contribution >= 0.6 is 0 Å². The summed E-state index contributed by atoms with van der Waals surface area (Å²) in [6, 6.07) is 12.5. The fourth-order valence-electron chi connectivity index (χ4n) is 4.75. The Hall–Kier alpha value is -3.32. The van der Waals surface area contributed by atoms with E-state index in [1.807, 2.05) is 51.1 Å². The lowest BCUT2D eigenvalue weighted by Crippen LogP contribution is -2.54. The lowest BCUT2D eigenvalue weighted by molar-refractivity contribution is -0.129. The van der Waals surface area contributed by atoms with E-state index in [4.69, 9.17) is 0 Å². The Kier molecular flexibility index (Phi) is 15.1. The molecule has 250 valence electrons. The highest BCUT2D eigenvalue weighted by atomic mass is 32.2. The van der Waals surface area contributed by atoms with Gasteiger partial charge in [0.25, 0.3) is 11.8 Å². The van der Waals surface area contributed by atoms with Crippen molar-refractivity contribution in [3.63, 3.8) is 0 Å². The van der Waals surface area contributed by atoms with E-state index in [2.05, 4.69) is 10.7 Å². The van der Waals surface area contributed by atoms with Crippen LogP contribution in [0.5, 0.6) is 0 Å². The molecule has 0 spiro atoms. The Balaban J connectivity index is 2.52. The number of carbonyl (C=O) groups excluding carboxylic acids is 3. The van der Waals surface area contributed by atoms with Gasteiger partial charge in [0.15, 0.2) is 0 Å². The number of nitrogens with zero attached hydrogens (tertiary/aromatic N) is 3. The minimum atomic E-state index is -3.99. The van der Waals surface area contributed by atoms with E-state index >= 15 is 0 Å². The molecular formula is C33H51N5O6S. The molecule has 11 nitrogen and oxygen atoms in total. The van der Waals surface area contributed by atoms with Crippen molar-refractivity contribution in [2.24, 2.45) is 5.92 Å². The van der Waals surface area contributed by atoms with Crippen molar-refractivity contribution < 1.29 is 27.9 Å². The molecule has 2 unspecified atom stereocenters. The minimum Gasteiger partial charge on any atom is -0.390 e. The van der Waals surface area contributed by atoms with Gasteiger partial charge in [0, 0.05) is 57.3 Å². The summed E-state index contributed by atoms with van der Waals surface area (Å²) in [7, 11) is -1.22. The topological polar surface area (TPSA) is 139 Å². The van der Waals surface area contributed by atoms with Crippen LogP contribution in [0.3, 0.4) is 0 Å². The molecule has 2 rings (SSSR count). The molecule has 0 saturated carbocycles. The number of aliphatic hydroxyl groups excluding tert-OH is 1. The normalized spacial score (nSPS) is 13.1. The first-order chi connectivity index (χ1) is 21.2. The van der Waals surface area contributed by atoms with Crippen LogP contribution in [0.4, 0.5) is 0 Å². The summed E-state index contributed by atoms with van der Waals surface area (Å²) in [6.45, 7) is 10.9. The zero-order valence-corrected chi connectivity index (χ0v) is 28.6. The van der Waals surface area contributed by atoms with E-state index in [0.717, 1.165) is 29.1 Å². The second-order valence-corrected chi connectivity index (χ2v) is 13.9. The van der Waals surface area contributed by atoms with Gasteiger partial charge in [-0.3, -0.25) is 19.8 Å². The van der Waals surface area contributed by atoms with Gasteiger partial charge in [0.2, 0.25) is 15.9 Å². The van der Waals surface area contributed by atoms with Crippen molar-refractivity contribution in [1.82, 2.24) is 25.0 Å². The lowest BCUT2D eigenvalue weighted by atomic mass is 10.00. The van der Waals surface area contributed by atoms with Crippen molar-refractivity contribution in [2.75, 3.05) is 40.3 Å². The number of benzene rings is 2. The van der Waals surface area contributed by atoms with E-state index in [-0.39, 0.29) is 46.7 Å². The van der Waals surface area contributed by atoms with Gasteiger partial charge < -0.3 is 15.3 Å². The third-order valence-corrected chi connectivity index (χ3v) is 9.03. The highest BCUT2D eigenvalue weighted by molar-refractivity contribution is 7.89. The molecule has 0 aromatic heterocycles. The largest absolute Gasteiger partial charge is 0.390 e. The van der Waals surface area contributed by atoms with Crippen molar-refractivity contribution in [1.29, 1.82) is 0 Å². The number of rotatable bonds is 18. The van der Waals surface area contributed by atoms with Crippen LogP contribution in [0.1, 0.15) is 80.2 Å². The predicted octanol–water partition coefficient (Wildman–Crippen LogP) is 3.30. The van der Waals surface area contributed by atoms with Crippen molar-refractivity contribution >= 4 is 27.7 Å². The van der Waals surface area contributed by atoms with Crippen LogP contribution in [-0.4, -0.2) is 97.9 Å². The van der Waals surface area contributed by atoms with Gasteiger partial charge in [0.05, 0.1) is 17.0 Å². The quantitative estimate of drug-likeness (QED) is 0.212. The molecule has 0 fully saturated rings. The molecule has 0 aliphatic rings. The van der Waals surface area contributed by atoms with Gasteiger partial charge in [-0.1, -0.05) is 65.0 Å². The average Bonchev–Trinajstić information content (AvgIpc) is 3.00. The SMILES string of the molecule is CCCN(CC(O)C(Cc1ccccc1)NC(=O)c1cc(C(=O)N(CCC)CCC)cc(S(=O)(=O)N(C)C)c1)NC(=O)C(C)C. The van der Waals surface area contributed by atoms with Gasteiger partial charge in [-0.25, -0.2) is 17.7 Å². The molecule has 2 aromatic rings. The molecule has 12 heteroatoms. The molecule has 0 saturated heterocycles. The Morgan fingerprint density at radius 3 is 1.98 bits per heavy atom. The first-order valence-corrected chi connectivity index (χ1v) is 17.1. The van der Waals surface area contributed by atoms with Gasteiger partial charge >= 0.3 is 0 Å². The number of hydrogen-bond acceptors (Lipinski definition) is 7. The van der Waals surface area contributed by atoms with Gasteiger partial charge in [-0.15, -0.1) is 0 Å². The lowest BCUT2D eigenvalue weighted by Gasteiger charge is -2.31. The van der Waals surface area contributed by atoms with E-state index < -0.39 is 28.1 Å². The number of aliphatic hydroxyl groups is 1. The van der Waals surface area contributed by atoms with Crippen molar-refractivity contribution in [3.8, 4) is 0 Å². The average molecular weight is 646 g/mol. The summed E-state index contributed by atoms with van der Waals surface area (Å²) in [6.07, 6.45) is 1.33. The first kappa shape index (κ1) is 37.9. The predicted molar refractivity (Wildman–Crippen MR) is 176 cm³/mol. The second kappa shape index (κ2) is 18.0. The molecule has 2 aromatic carbocycles. The number of hydrogen-bond donors (Lipinski definition) is 3. The Morgan fingerprint density at radius 1 is 0.867 bits per heavy atom. The number of sulfonamides is 1. The summed E-state index contributed by atoms with van der Waals surface area (Å²) in [5.41, 5.74) is 3.79. The molecule has 3 N–H and O–H groups in total. The first-order valence-electron chi connectivity index (χ1n) is 15.7. The van der Waals surface area contributed by atoms with Crippen LogP contribution in [0.15, 0.2) is 53.4 Å². The van der Waals surface area contributed by atoms with Crippen molar-refractivity contribution in [3.05, 3.63) is 65.2 Å². The third kappa shape index (κ3) is 11.2. The molecular weight excluding hydrogens is 594 g/mol. The smallest absolute Gasteiger partial charge is 0.253 e. The maximum Gasteiger partial charge on any atom is 0.253 e. The Labute approximate surface area is 269 Å². The summed E-state index contributed by atoms with van der Waals surface area (Å²) in [4.78, 5) is 41.3. The summed E-state index contributed by atoms with van der Waals surface area (Å²) in [5, 5.41) is 16.0. The Bertz CT molecular complexity index is 1360. The van der Waals surface area contributed by atoms with Crippen LogP contribution in [-0.2, 0) is 21.2 Å². The number of nitrogens with one attached hydrogen (secondary N) is 2. The maximum atomic E-state index is 13.8. The number of amides is 3. The molecule has 0 bridgehead atoms. The summed E-state index contributed by atoms with van der Waals surface area (Å²) in [5.74, 6) is -1.43. The molecule has 0 heterocycles. The highest BCUT2D eigenvalue weighted by Gasteiger charge is 2.28. The number of carbonyl (C=O) groups is 3. The molecule has 45 heavy (non-hydrogen) atoms. The molecule has 2 atom stereocenters. The van der Waals surface area contributed by atoms with Gasteiger partial charge in [0.1, 0.15) is 0 Å².